The molecule has 1 aromatic carbocycles. The summed E-state index contributed by atoms with van der Waals surface area (Å²) in [5.41, 5.74) is 1.19. The van der Waals surface area contributed by atoms with Crippen molar-refractivity contribution < 1.29 is 0 Å². The van der Waals surface area contributed by atoms with E-state index in [0.717, 1.165) is 21.3 Å². The lowest BCUT2D eigenvalue weighted by Gasteiger charge is -2.49. The highest BCUT2D eigenvalue weighted by Gasteiger charge is 2.39. The summed E-state index contributed by atoms with van der Waals surface area (Å²) in [6, 6.07) is 7.44. The van der Waals surface area contributed by atoms with Gasteiger partial charge in [0.1, 0.15) is 0 Å². The molecule has 3 rings (SSSR count). The predicted molar refractivity (Wildman–Crippen MR) is 94.1 cm³/mol. The van der Waals surface area contributed by atoms with E-state index in [4.69, 9.17) is 11.6 Å². The molecule has 1 saturated carbocycles. The minimum Gasteiger partial charge on any atom is -0.382 e. The van der Waals surface area contributed by atoms with Gasteiger partial charge in [-0.25, -0.2) is 0 Å². The van der Waals surface area contributed by atoms with Crippen LogP contribution in [0.4, 0.5) is 5.69 Å². The second-order valence-corrected chi connectivity index (χ2v) is 8.06. The van der Waals surface area contributed by atoms with Crippen molar-refractivity contribution in [3.05, 3.63) is 27.7 Å². The summed E-state index contributed by atoms with van der Waals surface area (Å²) in [6.45, 7) is 7.11. The standard InChI is InChI=1S/C17H24BrClN2/c1-11(2)21-9-12-4-3-5-13(10-21)17(12)20-14-6-7-16(19)15(18)8-14/h6-8,11-13,17,20H,3-5,9-10H2,1-2H3. The maximum absolute atomic E-state index is 6.09. The molecule has 2 aliphatic rings. The third-order valence-electron chi connectivity index (χ3n) is 5.09. The summed E-state index contributed by atoms with van der Waals surface area (Å²) in [7, 11) is 0. The molecule has 0 spiro atoms. The van der Waals surface area contributed by atoms with Gasteiger partial charge in [0.05, 0.1) is 5.02 Å². The van der Waals surface area contributed by atoms with E-state index in [1.165, 1.54) is 38.0 Å². The van der Waals surface area contributed by atoms with Crippen molar-refractivity contribution in [2.24, 2.45) is 11.8 Å². The lowest BCUT2D eigenvalue weighted by atomic mass is 9.73. The van der Waals surface area contributed by atoms with Crippen LogP contribution in [-0.2, 0) is 0 Å². The van der Waals surface area contributed by atoms with Gasteiger partial charge >= 0.3 is 0 Å². The number of nitrogens with zero attached hydrogens (tertiary/aromatic N) is 1. The highest BCUT2D eigenvalue weighted by Crippen LogP contribution is 2.38. The van der Waals surface area contributed by atoms with Crippen molar-refractivity contribution >= 4 is 33.2 Å². The summed E-state index contributed by atoms with van der Waals surface area (Å²) < 4.78 is 0.971. The van der Waals surface area contributed by atoms with Crippen molar-refractivity contribution in [1.82, 2.24) is 4.90 Å². The molecule has 1 aromatic rings. The van der Waals surface area contributed by atoms with E-state index in [1.807, 2.05) is 6.07 Å². The van der Waals surface area contributed by atoms with Crippen LogP contribution in [0.25, 0.3) is 0 Å². The number of hydrogen-bond acceptors (Lipinski definition) is 2. The third kappa shape index (κ3) is 3.40. The lowest BCUT2D eigenvalue weighted by Crippen LogP contribution is -2.56. The van der Waals surface area contributed by atoms with Crippen LogP contribution >= 0.6 is 27.5 Å². The minimum atomic E-state index is 0.613. The van der Waals surface area contributed by atoms with Gasteiger partial charge in [0.25, 0.3) is 0 Å². The molecule has 1 saturated heterocycles. The largest absolute Gasteiger partial charge is 0.382 e. The Balaban J connectivity index is 1.74. The molecule has 2 fully saturated rings. The Bertz CT molecular complexity index is 492. The summed E-state index contributed by atoms with van der Waals surface area (Å²) >= 11 is 9.61. The molecule has 21 heavy (non-hydrogen) atoms. The Labute approximate surface area is 141 Å². The predicted octanol–water partition coefficient (Wildman–Crippen LogP) is 5.02. The van der Waals surface area contributed by atoms with Gasteiger partial charge in [-0.3, -0.25) is 0 Å². The minimum absolute atomic E-state index is 0.613. The molecule has 0 amide bonds. The molecular formula is C17H24BrClN2. The average Bonchev–Trinajstić information content (AvgIpc) is 2.42. The first-order valence-electron chi connectivity index (χ1n) is 8.00. The summed E-state index contributed by atoms with van der Waals surface area (Å²) in [6.07, 6.45) is 4.10. The second kappa shape index (κ2) is 6.47. The van der Waals surface area contributed by atoms with Gasteiger partial charge in [0, 0.05) is 35.3 Å². The maximum Gasteiger partial charge on any atom is 0.0549 e. The number of anilines is 1. The van der Waals surface area contributed by atoms with Gasteiger partial charge in [0.2, 0.25) is 0 Å². The van der Waals surface area contributed by atoms with Crippen LogP contribution in [0.15, 0.2) is 22.7 Å². The molecule has 0 aromatic heterocycles. The van der Waals surface area contributed by atoms with Crippen molar-refractivity contribution in [2.45, 2.75) is 45.2 Å². The Morgan fingerprint density at radius 3 is 2.48 bits per heavy atom. The smallest absolute Gasteiger partial charge is 0.0549 e. The Hall–Kier alpha value is -0.250. The van der Waals surface area contributed by atoms with Crippen LogP contribution in [0.3, 0.4) is 0 Å². The molecule has 1 aliphatic carbocycles. The van der Waals surface area contributed by atoms with Gasteiger partial charge in [-0.2, -0.15) is 0 Å². The van der Waals surface area contributed by atoms with Gasteiger partial charge in [-0.15, -0.1) is 0 Å². The zero-order valence-electron chi connectivity index (χ0n) is 12.8. The Morgan fingerprint density at radius 2 is 1.90 bits per heavy atom. The van der Waals surface area contributed by atoms with Crippen LogP contribution < -0.4 is 5.32 Å². The van der Waals surface area contributed by atoms with Gasteiger partial charge in [-0.05, 0) is 72.7 Å². The van der Waals surface area contributed by atoms with Crippen LogP contribution in [0.2, 0.25) is 5.02 Å². The maximum atomic E-state index is 6.09. The molecule has 2 bridgehead atoms. The molecule has 1 aliphatic heterocycles. The number of piperidine rings is 1. The highest BCUT2D eigenvalue weighted by molar-refractivity contribution is 9.10. The third-order valence-corrected chi connectivity index (χ3v) is 6.30. The lowest BCUT2D eigenvalue weighted by molar-refractivity contribution is 0.0518. The zero-order chi connectivity index (χ0) is 15.0. The Morgan fingerprint density at radius 1 is 1.24 bits per heavy atom. The second-order valence-electron chi connectivity index (χ2n) is 6.80. The quantitative estimate of drug-likeness (QED) is 0.802. The first kappa shape index (κ1) is 15.6. The monoisotopic (exact) mass is 370 g/mol. The van der Waals surface area contributed by atoms with Crippen molar-refractivity contribution in [3.63, 3.8) is 0 Å². The van der Waals surface area contributed by atoms with Crippen LogP contribution in [0, 0.1) is 11.8 Å². The number of hydrogen-bond donors (Lipinski definition) is 1. The fourth-order valence-corrected chi connectivity index (χ4v) is 4.40. The molecule has 2 atom stereocenters. The van der Waals surface area contributed by atoms with E-state index in [2.05, 4.69) is 52.1 Å². The van der Waals surface area contributed by atoms with Crippen LogP contribution in [0.5, 0.6) is 0 Å². The number of likely N-dealkylation sites (tertiary alicyclic amines) is 1. The van der Waals surface area contributed by atoms with Gasteiger partial charge in [-0.1, -0.05) is 18.0 Å². The van der Waals surface area contributed by atoms with Crippen LogP contribution in [0.1, 0.15) is 33.1 Å². The van der Waals surface area contributed by atoms with E-state index < -0.39 is 0 Å². The van der Waals surface area contributed by atoms with E-state index in [9.17, 15) is 0 Å². The zero-order valence-corrected chi connectivity index (χ0v) is 15.1. The summed E-state index contributed by atoms with van der Waals surface area (Å²) in [5.74, 6) is 1.55. The van der Waals surface area contributed by atoms with E-state index in [-0.39, 0.29) is 0 Å². The SMILES string of the molecule is CC(C)N1CC2CCCC(C1)C2Nc1ccc(Cl)c(Br)c1. The summed E-state index contributed by atoms with van der Waals surface area (Å²) in [5, 5.41) is 4.57. The Kier molecular flexibility index (Phi) is 4.82. The van der Waals surface area contributed by atoms with Crippen molar-refractivity contribution in [3.8, 4) is 0 Å². The topological polar surface area (TPSA) is 15.3 Å². The molecule has 116 valence electrons. The number of fused-ring (bicyclic) bond motifs is 2. The number of nitrogens with one attached hydrogen (secondary N) is 1. The summed E-state index contributed by atoms with van der Waals surface area (Å²) in [4.78, 5) is 2.66. The fourth-order valence-electron chi connectivity index (χ4n) is 3.91. The van der Waals surface area contributed by atoms with E-state index >= 15 is 0 Å². The normalized spacial score (nSPS) is 29.7. The molecule has 0 radical (unpaired) electrons. The molecular weight excluding hydrogens is 348 g/mol. The average molecular weight is 372 g/mol. The van der Waals surface area contributed by atoms with Crippen molar-refractivity contribution in [2.75, 3.05) is 18.4 Å². The fraction of sp³-hybridized carbons (Fsp3) is 0.647. The first-order chi connectivity index (χ1) is 10.0. The number of halogens is 2. The molecule has 4 heteroatoms. The molecule has 1 N–H and O–H groups in total. The van der Waals surface area contributed by atoms with Crippen molar-refractivity contribution in [1.29, 1.82) is 0 Å². The number of rotatable bonds is 3. The highest BCUT2D eigenvalue weighted by atomic mass is 79.9. The van der Waals surface area contributed by atoms with E-state index in [1.54, 1.807) is 0 Å². The van der Waals surface area contributed by atoms with Gasteiger partial charge in [0.15, 0.2) is 0 Å². The number of benzene rings is 1. The molecule has 2 unspecified atom stereocenters. The van der Waals surface area contributed by atoms with Crippen LogP contribution in [-0.4, -0.2) is 30.1 Å². The first-order valence-corrected chi connectivity index (χ1v) is 9.17. The van der Waals surface area contributed by atoms with Gasteiger partial charge < -0.3 is 10.2 Å². The van der Waals surface area contributed by atoms with E-state index in [0.29, 0.717) is 12.1 Å². The molecule has 1 heterocycles. The molecule has 2 nitrogen and oxygen atoms in total.